The third kappa shape index (κ3) is 2.50. The molecule has 1 aliphatic carbocycles. The van der Waals surface area contributed by atoms with Gasteiger partial charge in [-0.2, -0.15) is 0 Å². The lowest BCUT2D eigenvalue weighted by Gasteiger charge is -2.28. The van der Waals surface area contributed by atoms with Gasteiger partial charge in [-0.05, 0) is 30.6 Å². The Bertz CT molecular complexity index is 233. The van der Waals surface area contributed by atoms with E-state index in [4.69, 9.17) is 9.47 Å². The molecule has 2 fully saturated rings. The molecule has 0 spiro atoms. The van der Waals surface area contributed by atoms with Crippen LogP contribution in [0.2, 0.25) is 0 Å². The Kier molecular flexibility index (Phi) is 3.60. The Morgan fingerprint density at radius 2 is 2.07 bits per heavy atom. The molecule has 2 heteroatoms. The fourth-order valence-electron chi connectivity index (χ4n) is 2.45. The molecule has 2 nitrogen and oxygen atoms in total. The monoisotopic (exact) mass is 208 g/mol. The van der Waals surface area contributed by atoms with Crippen LogP contribution in [-0.2, 0) is 9.47 Å². The number of hydrogen-bond acceptors (Lipinski definition) is 2. The molecule has 0 aromatic heterocycles. The second-order valence-electron chi connectivity index (χ2n) is 4.55. The van der Waals surface area contributed by atoms with Gasteiger partial charge in [0.05, 0.1) is 13.2 Å². The molecule has 1 saturated carbocycles. The van der Waals surface area contributed by atoms with E-state index in [-0.39, 0.29) is 6.29 Å². The predicted molar refractivity (Wildman–Crippen MR) is 60.4 cm³/mol. The molecule has 0 aromatic carbocycles. The van der Waals surface area contributed by atoms with Crippen LogP contribution in [0.1, 0.15) is 19.3 Å². The summed E-state index contributed by atoms with van der Waals surface area (Å²) in [6.45, 7) is 9.44. The van der Waals surface area contributed by atoms with Gasteiger partial charge >= 0.3 is 0 Å². The largest absolute Gasteiger partial charge is 0.352 e. The fraction of sp³-hybridized carbons (Fsp3) is 0.692. The Morgan fingerprint density at radius 3 is 2.60 bits per heavy atom. The maximum Gasteiger partial charge on any atom is 0.159 e. The van der Waals surface area contributed by atoms with E-state index in [1.807, 2.05) is 0 Å². The molecule has 84 valence electrons. The Balaban J connectivity index is 1.78. The maximum atomic E-state index is 5.68. The highest BCUT2D eigenvalue weighted by atomic mass is 16.7. The normalized spacial score (nSPS) is 39.7. The van der Waals surface area contributed by atoms with Gasteiger partial charge in [0, 0.05) is 6.42 Å². The van der Waals surface area contributed by atoms with E-state index in [9.17, 15) is 0 Å². The van der Waals surface area contributed by atoms with Gasteiger partial charge < -0.3 is 9.47 Å². The maximum absolute atomic E-state index is 5.68. The highest BCUT2D eigenvalue weighted by Crippen LogP contribution is 2.38. The molecule has 1 saturated heterocycles. The molecule has 4 unspecified atom stereocenters. The molecular formula is C13H20O2. The quantitative estimate of drug-likeness (QED) is 0.647. The lowest BCUT2D eigenvalue weighted by atomic mass is 9.97. The zero-order valence-corrected chi connectivity index (χ0v) is 9.23. The summed E-state index contributed by atoms with van der Waals surface area (Å²) < 4.78 is 10.9. The third-order valence-electron chi connectivity index (χ3n) is 3.58. The third-order valence-corrected chi connectivity index (χ3v) is 3.58. The van der Waals surface area contributed by atoms with Gasteiger partial charge in [-0.25, -0.2) is 0 Å². The molecule has 2 rings (SSSR count). The van der Waals surface area contributed by atoms with Crippen molar-refractivity contribution in [2.75, 3.05) is 13.2 Å². The van der Waals surface area contributed by atoms with Crippen molar-refractivity contribution in [3.63, 3.8) is 0 Å². The topological polar surface area (TPSA) is 18.5 Å². The average Bonchev–Trinajstić information content (AvgIpc) is 2.58. The van der Waals surface area contributed by atoms with Crippen molar-refractivity contribution in [2.45, 2.75) is 25.6 Å². The summed E-state index contributed by atoms with van der Waals surface area (Å²) in [5, 5.41) is 0. The number of hydrogen-bond donors (Lipinski definition) is 0. The van der Waals surface area contributed by atoms with Crippen molar-refractivity contribution < 1.29 is 9.47 Å². The van der Waals surface area contributed by atoms with Crippen LogP contribution in [0, 0.1) is 17.8 Å². The zero-order chi connectivity index (χ0) is 10.7. The molecule has 0 bridgehead atoms. The first kappa shape index (κ1) is 10.9. The van der Waals surface area contributed by atoms with Crippen molar-refractivity contribution in [2.24, 2.45) is 17.8 Å². The summed E-state index contributed by atoms with van der Waals surface area (Å²) in [6, 6.07) is 0. The van der Waals surface area contributed by atoms with E-state index in [1.165, 1.54) is 12.8 Å². The van der Waals surface area contributed by atoms with Gasteiger partial charge in [-0.15, -0.1) is 13.2 Å². The highest BCUT2D eigenvalue weighted by Gasteiger charge is 2.32. The second-order valence-corrected chi connectivity index (χ2v) is 4.55. The molecule has 0 aromatic rings. The molecule has 4 atom stereocenters. The van der Waals surface area contributed by atoms with E-state index in [0.717, 1.165) is 19.6 Å². The van der Waals surface area contributed by atoms with Crippen molar-refractivity contribution >= 4 is 0 Å². The molecule has 1 aliphatic heterocycles. The van der Waals surface area contributed by atoms with E-state index in [1.54, 1.807) is 0 Å². The Morgan fingerprint density at radius 1 is 1.27 bits per heavy atom. The second kappa shape index (κ2) is 4.95. The minimum atomic E-state index is 0.0678. The molecule has 2 aliphatic rings. The Hall–Kier alpha value is -0.600. The van der Waals surface area contributed by atoms with Gasteiger partial charge in [0.25, 0.3) is 0 Å². The summed E-state index contributed by atoms with van der Waals surface area (Å²) in [6.07, 6.45) is 7.63. The standard InChI is InChI=1S/C13H20O2/c1-3-10-7-11(4-2)12(8-10)9-15-13-5-6-14-13/h3-4,10-13H,1-2,5-9H2. The van der Waals surface area contributed by atoms with E-state index in [2.05, 4.69) is 25.3 Å². The summed E-state index contributed by atoms with van der Waals surface area (Å²) in [4.78, 5) is 0. The summed E-state index contributed by atoms with van der Waals surface area (Å²) >= 11 is 0. The van der Waals surface area contributed by atoms with Crippen molar-refractivity contribution in [3.8, 4) is 0 Å². The van der Waals surface area contributed by atoms with E-state index < -0.39 is 0 Å². The van der Waals surface area contributed by atoms with Crippen LogP contribution >= 0.6 is 0 Å². The van der Waals surface area contributed by atoms with Gasteiger partial charge in [0.2, 0.25) is 0 Å². The number of allylic oxidation sites excluding steroid dienone is 2. The summed E-state index contributed by atoms with van der Waals surface area (Å²) in [5.41, 5.74) is 0. The SMILES string of the molecule is C=CC1CC(C=C)C(COC2CCO2)C1. The smallest absolute Gasteiger partial charge is 0.159 e. The van der Waals surface area contributed by atoms with Crippen LogP contribution in [0.3, 0.4) is 0 Å². The van der Waals surface area contributed by atoms with Gasteiger partial charge in [-0.3, -0.25) is 0 Å². The molecular weight excluding hydrogens is 188 g/mol. The van der Waals surface area contributed by atoms with Crippen LogP contribution in [0.4, 0.5) is 0 Å². The summed E-state index contributed by atoms with van der Waals surface area (Å²) in [5.74, 6) is 1.84. The van der Waals surface area contributed by atoms with Crippen LogP contribution in [0.5, 0.6) is 0 Å². The molecule has 0 amide bonds. The average molecular weight is 208 g/mol. The van der Waals surface area contributed by atoms with Crippen molar-refractivity contribution in [3.05, 3.63) is 25.3 Å². The molecule has 1 heterocycles. The summed E-state index contributed by atoms with van der Waals surface area (Å²) in [7, 11) is 0. The minimum Gasteiger partial charge on any atom is -0.352 e. The number of ether oxygens (including phenoxy) is 2. The van der Waals surface area contributed by atoms with E-state index in [0.29, 0.717) is 17.8 Å². The van der Waals surface area contributed by atoms with Crippen LogP contribution in [0.15, 0.2) is 25.3 Å². The zero-order valence-electron chi connectivity index (χ0n) is 9.23. The minimum absolute atomic E-state index is 0.0678. The first-order valence-corrected chi connectivity index (χ1v) is 5.81. The van der Waals surface area contributed by atoms with Gasteiger partial charge in [0.15, 0.2) is 6.29 Å². The lowest BCUT2D eigenvalue weighted by Crippen LogP contribution is -2.31. The fourth-order valence-corrected chi connectivity index (χ4v) is 2.45. The number of rotatable bonds is 5. The van der Waals surface area contributed by atoms with Crippen molar-refractivity contribution in [1.29, 1.82) is 0 Å². The lowest BCUT2D eigenvalue weighted by molar-refractivity contribution is -0.220. The molecule has 0 N–H and O–H groups in total. The van der Waals surface area contributed by atoms with Crippen LogP contribution < -0.4 is 0 Å². The van der Waals surface area contributed by atoms with Gasteiger partial charge in [0.1, 0.15) is 0 Å². The van der Waals surface area contributed by atoms with Gasteiger partial charge in [-0.1, -0.05) is 12.2 Å². The highest BCUT2D eigenvalue weighted by molar-refractivity contribution is 4.97. The molecule has 15 heavy (non-hydrogen) atoms. The first-order valence-electron chi connectivity index (χ1n) is 5.81. The Labute approximate surface area is 92.0 Å². The van der Waals surface area contributed by atoms with Crippen LogP contribution in [-0.4, -0.2) is 19.5 Å². The predicted octanol–water partition coefficient (Wildman–Crippen LogP) is 2.76. The van der Waals surface area contributed by atoms with E-state index >= 15 is 0 Å². The molecule has 0 radical (unpaired) electrons. The van der Waals surface area contributed by atoms with Crippen molar-refractivity contribution in [1.82, 2.24) is 0 Å². The first-order chi connectivity index (χ1) is 7.33. The van der Waals surface area contributed by atoms with Crippen LogP contribution in [0.25, 0.3) is 0 Å².